The fourth-order valence-electron chi connectivity index (χ4n) is 22.1. The van der Waals surface area contributed by atoms with Gasteiger partial charge in [0, 0.05) is 0 Å². The van der Waals surface area contributed by atoms with Crippen molar-refractivity contribution in [2.75, 3.05) is 0 Å². The van der Waals surface area contributed by atoms with E-state index in [2.05, 4.69) is 0 Å². The van der Waals surface area contributed by atoms with E-state index < -0.39 is 0 Å². The van der Waals surface area contributed by atoms with Crippen LogP contribution >= 0.6 is 0 Å². The highest BCUT2D eigenvalue weighted by molar-refractivity contribution is 5.14. The third kappa shape index (κ3) is 8.97. The third-order valence-corrected chi connectivity index (χ3v) is 25.0. The first-order chi connectivity index (χ1) is 30.2. The molecule has 4 unspecified atom stereocenters. The molecule has 11 aliphatic rings. The third-order valence-electron chi connectivity index (χ3n) is 25.0. The van der Waals surface area contributed by atoms with Crippen LogP contribution < -0.4 is 0 Å². The van der Waals surface area contributed by atoms with E-state index in [1.165, 1.54) is 12.8 Å². The summed E-state index contributed by atoms with van der Waals surface area (Å²) < 4.78 is 0. The van der Waals surface area contributed by atoms with Gasteiger partial charge in [0.15, 0.2) is 0 Å². The zero-order chi connectivity index (χ0) is 40.6. The van der Waals surface area contributed by atoms with Crippen molar-refractivity contribution in [3.63, 3.8) is 0 Å². The highest BCUT2D eigenvalue weighted by Gasteiger charge is 2.65. The van der Waals surface area contributed by atoms with Crippen molar-refractivity contribution in [3.8, 4) is 0 Å². The van der Waals surface area contributed by atoms with Gasteiger partial charge in [0.2, 0.25) is 0 Å². The number of hydrogen-bond donors (Lipinski definition) is 0. The van der Waals surface area contributed by atoms with Gasteiger partial charge < -0.3 is 0 Å². The molecule has 11 rings (SSSR count). The van der Waals surface area contributed by atoms with Crippen LogP contribution in [0.25, 0.3) is 0 Å². The van der Waals surface area contributed by atoms with Crippen LogP contribution in [0.2, 0.25) is 0 Å². The summed E-state index contributed by atoms with van der Waals surface area (Å²) in [5.41, 5.74) is 0.758. The zero-order valence-electron chi connectivity index (χ0n) is 40.6. The van der Waals surface area contributed by atoms with Crippen LogP contribution in [0.3, 0.4) is 0 Å². The van der Waals surface area contributed by atoms with E-state index in [1.54, 1.807) is 257 Å². The first kappa shape index (κ1) is 43.6. The smallest absolute Gasteiger partial charge is 0.0179 e. The summed E-state index contributed by atoms with van der Waals surface area (Å²) in [6, 6.07) is 0. The van der Waals surface area contributed by atoms with Crippen LogP contribution in [-0.4, -0.2) is 0 Å². The molecule has 11 saturated carbocycles. The fourth-order valence-corrected chi connectivity index (χ4v) is 22.1. The van der Waals surface area contributed by atoms with Gasteiger partial charge in [-0.05, 0) is 292 Å². The molecule has 11 aliphatic carbocycles. The summed E-state index contributed by atoms with van der Waals surface area (Å²) in [6.07, 6.45) is 67.5. The normalized spacial score (nSPS) is 49.8. The minimum Gasteiger partial charge on any atom is -0.0533 e. The predicted molar refractivity (Wildman–Crippen MR) is 259 cm³/mol. The summed E-state index contributed by atoms with van der Waals surface area (Å²) in [5, 5.41) is 0. The Morgan fingerprint density at radius 2 is 0.361 bits per heavy atom. The van der Waals surface area contributed by atoms with Gasteiger partial charge in [-0.15, -0.1) is 0 Å². The summed E-state index contributed by atoms with van der Waals surface area (Å²) in [5.74, 6) is 20.0. The molecule has 0 aromatic carbocycles. The lowest BCUT2D eigenvalue weighted by atomic mass is 9.47. The molecule has 0 N–H and O–H groups in total. The van der Waals surface area contributed by atoms with Crippen LogP contribution in [0, 0.1) is 112 Å². The van der Waals surface area contributed by atoms with E-state index in [1.807, 2.05) is 0 Å². The average Bonchev–Trinajstić information content (AvgIpc) is 3.66. The molecule has 4 atom stereocenters. The highest BCUT2D eigenvalue weighted by Crippen LogP contribution is 2.72. The molecule has 0 aromatic rings. The molecule has 0 bridgehead atoms. The van der Waals surface area contributed by atoms with Crippen LogP contribution in [0.4, 0.5) is 0 Å². The second kappa shape index (κ2) is 20.1. The number of fused-ring (bicyclic) bond motifs is 3. The van der Waals surface area contributed by atoms with Crippen molar-refractivity contribution in [1.29, 1.82) is 0 Å². The van der Waals surface area contributed by atoms with Gasteiger partial charge in [-0.2, -0.15) is 0 Å². The van der Waals surface area contributed by atoms with Crippen LogP contribution in [-0.2, 0) is 0 Å². The molecule has 0 heterocycles. The maximum atomic E-state index is 1.66. The summed E-state index contributed by atoms with van der Waals surface area (Å²) in [6.45, 7) is 0. The summed E-state index contributed by atoms with van der Waals surface area (Å²) in [4.78, 5) is 0. The molecule has 0 amide bonds. The maximum absolute atomic E-state index is 1.66. The summed E-state index contributed by atoms with van der Waals surface area (Å²) in [7, 11) is 0. The zero-order valence-corrected chi connectivity index (χ0v) is 40.6. The lowest BCUT2D eigenvalue weighted by Crippen LogP contribution is -2.50. The Labute approximate surface area is 380 Å². The molecular weight excluding hydrogens is 733 g/mol. The lowest BCUT2D eigenvalue weighted by molar-refractivity contribution is -0.0880. The number of rotatable bonds is 8. The topological polar surface area (TPSA) is 0 Å². The molecule has 11 fully saturated rings. The highest BCUT2D eigenvalue weighted by atomic mass is 14.7. The second-order valence-electron chi connectivity index (χ2n) is 26.8. The molecule has 61 heavy (non-hydrogen) atoms. The minimum absolute atomic E-state index is 0.758. The van der Waals surface area contributed by atoms with Gasteiger partial charge in [0.25, 0.3) is 0 Å². The Bertz CT molecular complexity index is 1200. The van der Waals surface area contributed by atoms with Gasteiger partial charge in [-0.1, -0.05) is 89.9 Å². The number of hydrogen-bond acceptors (Lipinski definition) is 0. The Morgan fingerprint density at radius 3 is 0.623 bits per heavy atom. The van der Waals surface area contributed by atoms with Gasteiger partial charge in [0.1, 0.15) is 0 Å². The van der Waals surface area contributed by atoms with Crippen LogP contribution in [0.1, 0.15) is 270 Å². The molecule has 0 aliphatic heterocycles. The Hall–Kier alpha value is 0. The van der Waals surface area contributed by atoms with Gasteiger partial charge in [-0.3, -0.25) is 0 Å². The Kier molecular flexibility index (Phi) is 14.3. The van der Waals surface area contributed by atoms with E-state index in [4.69, 9.17) is 0 Å². The standard InChI is InChI=1S/C61H102/c1-3-11-43(12-4-1)45-19-23-47(24-20-45)49-27-31-51(32-28-49)53-35-39-55(40-36-53)61(59-17-9-7-15-57(59)58-16-8-10-18-60(58)61)56-41-37-54(38-42-56)52-33-29-50(30-34-52)48-25-21-46(22-26-48)44-13-5-2-6-14-44/h43-60H,1-42H2. The van der Waals surface area contributed by atoms with E-state index in [0.29, 0.717) is 0 Å². The van der Waals surface area contributed by atoms with Crippen LogP contribution in [0.5, 0.6) is 0 Å². The van der Waals surface area contributed by atoms with E-state index in [9.17, 15) is 0 Å². The van der Waals surface area contributed by atoms with Crippen molar-refractivity contribution in [1.82, 2.24) is 0 Å². The molecular formula is C61H102. The molecule has 0 nitrogen and oxygen atoms in total. The average molecular weight is 835 g/mol. The van der Waals surface area contributed by atoms with E-state index in [0.717, 1.165) is 112 Å². The molecule has 0 aromatic heterocycles. The second-order valence-corrected chi connectivity index (χ2v) is 26.8. The van der Waals surface area contributed by atoms with Crippen molar-refractivity contribution in [2.45, 2.75) is 270 Å². The SMILES string of the molecule is C1CCC(C2CCC(C3CCC(C4CCC(C5(C6CCC(C7CCC(C8CCC(C9CCCCC9)CC8)CC7)CC6)C6CCCCC6C6CCCCC65)CC4)CC3)CC2)CC1. The molecule has 346 valence electrons. The monoisotopic (exact) mass is 835 g/mol. The van der Waals surface area contributed by atoms with Crippen molar-refractivity contribution >= 4 is 0 Å². The quantitative estimate of drug-likeness (QED) is 0.229. The van der Waals surface area contributed by atoms with Crippen molar-refractivity contribution in [2.24, 2.45) is 112 Å². The largest absolute Gasteiger partial charge is 0.0533 e. The lowest BCUT2D eigenvalue weighted by Gasteiger charge is -2.57. The Balaban J connectivity index is 0.692. The molecule has 0 radical (unpaired) electrons. The van der Waals surface area contributed by atoms with Crippen molar-refractivity contribution < 1.29 is 0 Å². The van der Waals surface area contributed by atoms with E-state index >= 15 is 0 Å². The molecule has 0 saturated heterocycles. The van der Waals surface area contributed by atoms with Crippen LogP contribution in [0.15, 0.2) is 0 Å². The van der Waals surface area contributed by atoms with E-state index in [-0.39, 0.29) is 0 Å². The Morgan fingerprint density at radius 1 is 0.164 bits per heavy atom. The molecule has 0 spiro atoms. The predicted octanol–water partition coefficient (Wildman–Crippen LogP) is 18.6. The minimum atomic E-state index is 0.758. The fraction of sp³-hybridized carbons (Fsp3) is 1.00. The first-order valence-corrected chi connectivity index (χ1v) is 30.2. The van der Waals surface area contributed by atoms with Gasteiger partial charge >= 0.3 is 0 Å². The summed E-state index contributed by atoms with van der Waals surface area (Å²) >= 11 is 0. The van der Waals surface area contributed by atoms with Crippen molar-refractivity contribution in [3.05, 3.63) is 0 Å². The van der Waals surface area contributed by atoms with Gasteiger partial charge in [0.05, 0.1) is 0 Å². The molecule has 0 heteroatoms. The van der Waals surface area contributed by atoms with Gasteiger partial charge in [-0.25, -0.2) is 0 Å². The maximum Gasteiger partial charge on any atom is -0.0179 e. The first-order valence-electron chi connectivity index (χ1n) is 30.2.